The van der Waals surface area contributed by atoms with Gasteiger partial charge in [-0.3, -0.25) is 14.4 Å². The molecule has 0 N–H and O–H groups in total. The molecule has 22 heavy (non-hydrogen) atoms. The second-order valence-corrected chi connectivity index (χ2v) is 6.69. The molecule has 0 atom stereocenters. The summed E-state index contributed by atoms with van der Waals surface area (Å²) in [4.78, 5) is 34.0. The van der Waals surface area contributed by atoms with Crippen molar-refractivity contribution >= 4 is 18.4 Å². The first-order valence-electron chi connectivity index (χ1n) is 7.92. The van der Waals surface area contributed by atoms with Gasteiger partial charge in [-0.15, -0.1) is 0 Å². The van der Waals surface area contributed by atoms with Crippen molar-refractivity contribution in [2.24, 2.45) is 17.3 Å². The predicted molar refractivity (Wildman–Crippen MR) is 76.7 cm³/mol. The van der Waals surface area contributed by atoms with Crippen molar-refractivity contribution < 1.29 is 28.6 Å². The minimum absolute atomic E-state index is 0.00577. The third kappa shape index (κ3) is 4.45. The molecule has 2 fully saturated rings. The minimum Gasteiger partial charge on any atom is -0.467 e. The topological polar surface area (TPSA) is 78.9 Å². The number of ether oxygens (including phenoxy) is 3. The maximum absolute atomic E-state index is 11.8. The monoisotopic (exact) mass is 312 g/mol. The van der Waals surface area contributed by atoms with Crippen molar-refractivity contribution in [1.29, 1.82) is 0 Å². The summed E-state index contributed by atoms with van der Waals surface area (Å²) in [5, 5.41) is 0. The Hall–Kier alpha value is -1.59. The standard InChI is InChI=1S/C16H24O6/c1-16(8-20-11-17,9-21-14(18)12-4-2-5-12)10-22-15(19)13-6-3-7-13/h11-13H,2-10H2,1H3. The fourth-order valence-corrected chi connectivity index (χ4v) is 2.37. The normalized spacial score (nSPS) is 18.8. The van der Waals surface area contributed by atoms with Gasteiger partial charge in [0.05, 0.1) is 17.3 Å². The van der Waals surface area contributed by atoms with Gasteiger partial charge < -0.3 is 14.2 Å². The van der Waals surface area contributed by atoms with Gasteiger partial charge in [0, 0.05) is 0 Å². The Morgan fingerprint density at radius 2 is 1.41 bits per heavy atom. The third-order valence-electron chi connectivity index (χ3n) is 4.50. The number of esters is 2. The molecule has 0 aromatic rings. The number of carbonyl (C=O) groups is 3. The van der Waals surface area contributed by atoms with E-state index in [1.54, 1.807) is 6.92 Å². The molecule has 0 saturated heterocycles. The zero-order valence-electron chi connectivity index (χ0n) is 13.0. The Bertz CT molecular complexity index is 381. The molecule has 0 heterocycles. The second-order valence-electron chi connectivity index (χ2n) is 6.69. The van der Waals surface area contributed by atoms with Crippen LogP contribution in [0.15, 0.2) is 0 Å². The molecular weight excluding hydrogens is 288 g/mol. The summed E-state index contributed by atoms with van der Waals surface area (Å²) in [7, 11) is 0. The lowest BCUT2D eigenvalue weighted by molar-refractivity contribution is -0.164. The molecule has 0 aliphatic heterocycles. The van der Waals surface area contributed by atoms with Crippen molar-refractivity contribution in [3.05, 3.63) is 0 Å². The highest BCUT2D eigenvalue weighted by Crippen LogP contribution is 2.30. The van der Waals surface area contributed by atoms with E-state index < -0.39 is 5.41 Å². The van der Waals surface area contributed by atoms with Gasteiger partial charge in [0.15, 0.2) is 0 Å². The third-order valence-corrected chi connectivity index (χ3v) is 4.50. The first-order valence-corrected chi connectivity index (χ1v) is 7.92. The maximum atomic E-state index is 11.8. The number of hydrogen-bond acceptors (Lipinski definition) is 6. The van der Waals surface area contributed by atoms with Crippen molar-refractivity contribution in [2.75, 3.05) is 19.8 Å². The highest BCUT2D eigenvalue weighted by Gasteiger charge is 2.34. The Morgan fingerprint density at radius 3 is 1.73 bits per heavy atom. The molecule has 6 nitrogen and oxygen atoms in total. The molecule has 2 rings (SSSR count). The largest absolute Gasteiger partial charge is 0.467 e. The molecule has 124 valence electrons. The van der Waals surface area contributed by atoms with Crippen LogP contribution in [0.5, 0.6) is 0 Å². The lowest BCUT2D eigenvalue weighted by Crippen LogP contribution is -2.38. The Balaban J connectivity index is 1.80. The van der Waals surface area contributed by atoms with Crippen molar-refractivity contribution in [2.45, 2.75) is 45.4 Å². The summed E-state index contributed by atoms with van der Waals surface area (Å²) in [6, 6.07) is 0. The molecule has 0 unspecified atom stereocenters. The van der Waals surface area contributed by atoms with E-state index >= 15 is 0 Å². The van der Waals surface area contributed by atoms with E-state index in [0.717, 1.165) is 38.5 Å². The molecule has 0 radical (unpaired) electrons. The fourth-order valence-electron chi connectivity index (χ4n) is 2.37. The molecule has 0 aromatic heterocycles. The molecule has 0 spiro atoms. The van der Waals surface area contributed by atoms with Crippen LogP contribution in [-0.4, -0.2) is 38.2 Å². The van der Waals surface area contributed by atoms with E-state index in [-0.39, 0.29) is 43.6 Å². The molecule has 2 saturated carbocycles. The molecule has 0 amide bonds. The van der Waals surface area contributed by atoms with Crippen LogP contribution in [0.3, 0.4) is 0 Å². The van der Waals surface area contributed by atoms with Gasteiger partial charge in [-0.25, -0.2) is 0 Å². The van der Waals surface area contributed by atoms with Gasteiger partial charge in [-0.05, 0) is 32.6 Å². The fraction of sp³-hybridized carbons (Fsp3) is 0.812. The van der Waals surface area contributed by atoms with Gasteiger partial charge >= 0.3 is 11.9 Å². The summed E-state index contributed by atoms with van der Waals surface area (Å²) in [6.45, 7) is 2.33. The maximum Gasteiger partial charge on any atom is 0.308 e. The van der Waals surface area contributed by atoms with E-state index in [9.17, 15) is 14.4 Å². The average molecular weight is 312 g/mol. The quantitative estimate of drug-likeness (QED) is 0.367. The number of rotatable bonds is 9. The van der Waals surface area contributed by atoms with Crippen LogP contribution in [0.1, 0.15) is 45.4 Å². The highest BCUT2D eigenvalue weighted by atomic mass is 16.6. The summed E-state index contributed by atoms with van der Waals surface area (Å²) < 4.78 is 15.4. The Kier molecular flexibility index (Phi) is 5.80. The number of carbonyl (C=O) groups excluding carboxylic acids is 3. The molecule has 2 aliphatic carbocycles. The van der Waals surface area contributed by atoms with Gasteiger partial charge in [0.2, 0.25) is 0 Å². The zero-order valence-corrected chi connectivity index (χ0v) is 13.0. The van der Waals surface area contributed by atoms with Gasteiger partial charge in [-0.1, -0.05) is 12.8 Å². The van der Waals surface area contributed by atoms with E-state index in [0.29, 0.717) is 6.47 Å². The second kappa shape index (κ2) is 7.61. The van der Waals surface area contributed by atoms with E-state index in [1.165, 1.54) is 0 Å². The molecule has 0 bridgehead atoms. The van der Waals surface area contributed by atoms with Crippen LogP contribution >= 0.6 is 0 Å². The summed E-state index contributed by atoms with van der Waals surface area (Å²) in [5.74, 6) is -0.440. The van der Waals surface area contributed by atoms with Crippen LogP contribution < -0.4 is 0 Å². The van der Waals surface area contributed by atoms with E-state index in [2.05, 4.69) is 0 Å². The lowest BCUT2D eigenvalue weighted by Gasteiger charge is -2.31. The first kappa shape index (κ1) is 16.8. The van der Waals surface area contributed by atoms with E-state index in [1.807, 2.05) is 0 Å². The van der Waals surface area contributed by atoms with Gasteiger partial charge in [-0.2, -0.15) is 0 Å². The minimum atomic E-state index is -0.709. The van der Waals surface area contributed by atoms with Crippen molar-refractivity contribution in [3.8, 4) is 0 Å². The molecule has 2 aliphatic rings. The summed E-state index contributed by atoms with van der Waals surface area (Å²) >= 11 is 0. The average Bonchev–Trinajstić information content (AvgIpc) is 2.37. The van der Waals surface area contributed by atoms with Crippen molar-refractivity contribution in [3.63, 3.8) is 0 Å². The van der Waals surface area contributed by atoms with Crippen LogP contribution in [0.25, 0.3) is 0 Å². The number of hydrogen-bond donors (Lipinski definition) is 0. The molecular formula is C16H24O6. The summed E-state index contributed by atoms with van der Waals surface area (Å²) in [6.07, 6.45) is 5.61. The zero-order chi connectivity index (χ0) is 16.0. The smallest absolute Gasteiger partial charge is 0.308 e. The lowest BCUT2D eigenvalue weighted by atomic mass is 9.85. The summed E-state index contributed by atoms with van der Waals surface area (Å²) in [5.41, 5.74) is -0.709. The Morgan fingerprint density at radius 1 is 0.955 bits per heavy atom. The van der Waals surface area contributed by atoms with E-state index in [4.69, 9.17) is 14.2 Å². The van der Waals surface area contributed by atoms with Crippen LogP contribution in [0, 0.1) is 17.3 Å². The molecule has 6 heteroatoms. The predicted octanol–water partition coefficient (Wildman–Crippen LogP) is 1.85. The Labute approximate surface area is 130 Å². The SMILES string of the molecule is CC(COC=O)(COC(=O)C1CCC1)COC(=O)C1CCC1. The molecule has 0 aromatic carbocycles. The van der Waals surface area contributed by atoms with Crippen LogP contribution in [-0.2, 0) is 28.6 Å². The van der Waals surface area contributed by atoms with Gasteiger partial charge in [0.1, 0.15) is 19.8 Å². The van der Waals surface area contributed by atoms with Crippen molar-refractivity contribution in [1.82, 2.24) is 0 Å². The van der Waals surface area contributed by atoms with Gasteiger partial charge in [0.25, 0.3) is 6.47 Å². The highest BCUT2D eigenvalue weighted by molar-refractivity contribution is 5.73. The van der Waals surface area contributed by atoms with Crippen LogP contribution in [0.2, 0.25) is 0 Å². The first-order chi connectivity index (χ1) is 10.5. The van der Waals surface area contributed by atoms with Crippen LogP contribution in [0.4, 0.5) is 0 Å².